The van der Waals surface area contributed by atoms with E-state index in [4.69, 9.17) is 9.47 Å². The highest BCUT2D eigenvalue weighted by atomic mass is 16.8. The highest BCUT2D eigenvalue weighted by Gasteiger charge is 2.46. The number of hydrogen-bond donors (Lipinski definition) is 0. The third kappa shape index (κ3) is 4.44. The molecule has 0 radical (unpaired) electrons. The van der Waals surface area contributed by atoms with E-state index in [1.165, 1.54) is 19.3 Å². The third-order valence-electron chi connectivity index (χ3n) is 3.49. The van der Waals surface area contributed by atoms with E-state index in [9.17, 15) is 0 Å². The molecule has 0 aromatic carbocycles. The molecule has 17 heavy (non-hydrogen) atoms. The van der Waals surface area contributed by atoms with Gasteiger partial charge in [0.1, 0.15) is 0 Å². The second-order valence-corrected chi connectivity index (χ2v) is 6.21. The van der Waals surface area contributed by atoms with Crippen molar-refractivity contribution in [2.75, 3.05) is 0 Å². The predicted octanol–water partition coefficient (Wildman–Crippen LogP) is 4.30. The molecule has 1 saturated heterocycles. The Labute approximate surface area is 106 Å². The van der Waals surface area contributed by atoms with Crippen LogP contribution in [0.25, 0.3) is 0 Å². The Hall–Kier alpha value is -0.340. The second kappa shape index (κ2) is 5.53. The molecule has 1 aliphatic heterocycles. The minimum Gasteiger partial charge on any atom is -0.344 e. The average Bonchev–Trinajstić information content (AvgIpc) is 2.41. The topological polar surface area (TPSA) is 18.5 Å². The maximum Gasteiger partial charge on any atom is 0.164 e. The van der Waals surface area contributed by atoms with Crippen molar-refractivity contribution in [3.05, 3.63) is 12.7 Å². The van der Waals surface area contributed by atoms with Gasteiger partial charge in [-0.25, -0.2) is 0 Å². The maximum absolute atomic E-state index is 5.96. The van der Waals surface area contributed by atoms with Crippen LogP contribution in [0.1, 0.15) is 60.3 Å². The number of ether oxygens (including phenoxy) is 2. The van der Waals surface area contributed by atoms with Crippen molar-refractivity contribution < 1.29 is 9.47 Å². The molecule has 1 heterocycles. The van der Waals surface area contributed by atoms with E-state index in [0.717, 1.165) is 6.42 Å². The van der Waals surface area contributed by atoms with E-state index in [-0.39, 0.29) is 11.7 Å². The van der Waals surface area contributed by atoms with Gasteiger partial charge in [0.25, 0.3) is 0 Å². The van der Waals surface area contributed by atoms with Gasteiger partial charge in [-0.05, 0) is 46.5 Å². The van der Waals surface area contributed by atoms with Crippen molar-refractivity contribution in [3.8, 4) is 0 Å². The molecule has 2 nitrogen and oxygen atoms in total. The summed E-state index contributed by atoms with van der Waals surface area (Å²) in [7, 11) is 0. The molecule has 0 N–H and O–H groups in total. The number of rotatable bonds is 6. The molecule has 0 amide bonds. The normalized spacial score (nSPS) is 27.9. The highest BCUT2D eigenvalue weighted by molar-refractivity contribution is 4.89. The van der Waals surface area contributed by atoms with Crippen LogP contribution in [0.15, 0.2) is 12.7 Å². The van der Waals surface area contributed by atoms with E-state index < -0.39 is 5.79 Å². The zero-order valence-corrected chi connectivity index (χ0v) is 12.1. The Morgan fingerprint density at radius 2 is 1.88 bits per heavy atom. The molecule has 0 aromatic heterocycles. The summed E-state index contributed by atoms with van der Waals surface area (Å²) in [4.78, 5) is 0. The molecule has 2 heteroatoms. The lowest BCUT2D eigenvalue weighted by Gasteiger charge is -2.23. The Morgan fingerprint density at radius 1 is 1.24 bits per heavy atom. The van der Waals surface area contributed by atoms with Gasteiger partial charge < -0.3 is 9.47 Å². The summed E-state index contributed by atoms with van der Waals surface area (Å²) in [6, 6.07) is 0. The Kier molecular flexibility index (Phi) is 4.79. The molecule has 0 unspecified atom stereocenters. The van der Waals surface area contributed by atoms with E-state index in [0.29, 0.717) is 5.92 Å². The van der Waals surface area contributed by atoms with Crippen LogP contribution in [0.2, 0.25) is 0 Å². The lowest BCUT2D eigenvalue weighted by Crippen LogP contribution is -2.33. The fourth-order valence-electron chi connectivity index (χ4n) is 2.53. The first kappa shape index (κ1) is 14.7. The van der Waals surface area contributed by atoms with Crippen LogP contribution in [0.5, 0.6) is 0 Å². The van der Waals surface area contributed by atoms with Gasteiger partial charge in [-0.3, -0.25) is 0 Å². The van der Waals surface area contributed by atoms with Crippen LogP contribution >= 0.6 is 0 Å². The van der Waals surface area contributed by atoms with E-state index >= 15 is 0 Å². The van der Waals surface area contributed by atoms with Gasteiger partial charge in [0.2, 0.25) is 0 Å². The van der Waals surface area contributed by atoms with Gasteiger partial charge in [0, 0.05) is 0 Å². The molecular formula is C15H28O2. The van der Waals surface area contributed by atoms with Crippen LogP contribution in [0.4, 0.5) is 0 Å². The molecule has 0 bridgehead atoms. The summed E-state index contributed by atoms with van der Waals surface area (Å²) < 4.78 is 11.9. The van der Waals surface area contributed by atoms with Crippen molar-refractivity contribution >= 4 is 0 Å². The lowest BCUT2D eigenvalue weighted by molar-refractivity contribution is -0.157. The van der Waals surface area contributed by atoms with Crippen molar-refractivity contribution in [1.82, 2.24) is 0 Å². The first-order valence-corrected chi connectivity index (χ1v) is 6.77. The van der Waals surface area contributed by atoms with Crippen LogP contribution in [-0.2, 0) is 9.47 Å². The average molecular weight is 240 g/mol. The van der Waals surface area contributed by atoms with Gasteiger partial charge in [0.05, 0.1) is 11.7 Å². The lowest BCUT2D eigenvalue weighted by atomic mass is 9.95. The molecule has 1 aliphatic rings. The highest BCUT2D eigenvalue weighted by Crippen LogP contribution is 2.38. The van der Waals surface area contributed by atoms with Crippen molar-refractivity contribution in [3.63, 3.8) is 0 Å². The van der Waals surface area contributed by atoms with E-state index in [1.54, 1.807) is 0 Å². The summed E-state index contributed by atoms with van der Waals surface area (Å²) in [5, 5.41) is 0. The fraction of sp³-hybridized carbons (Fsp3) is 0.867. The predicted molar refractivity (Wildman–Crippen MR) is 71.9 cm³/mol. The van der Waals surface area contributed by atoms with Crippen LogP contribution in [0, 0.1) is 5.92 Å². The zero-order valence-electron chi connectivity index (χ0n) is 12.1. The fourth-order valence-corrected chi connectivity index (χ4v) is 2.53. The van der Waals surface area contributed by atoms with Crippen LogP contribution < -0.4 is 0 Å². The molecule has 0 spiro atoms. The first-order chi connectivity index (χ1) is 7.77. The molecule has 100 valence electrons. The Bertz CT molecular complexity index is 256. The number of unbranched alkanes of at least 4 members (excludes halogenated alkanes) is 1. The minimum absolute atomic E-state index is 0.159. The summed E-state index contributed by atoms with van der Waals surface area (Å²) in [6.07, 6.45) is 7.00. The van der Waals surface area contributed by atoms with E-state index in [2.05, 4.69) is 27.4 Å². The quantitative estimate of drug-likeness (QED) is 0.509. The van der Waals surface area contributed by atoms with Crippen LogP contribution in [0.3, 0.4) is 0 Å². The number of hydrogen-bond acceptors (Lipinski definition) is 2. The van der Waals surface area contributed by atoms with E-state index in [1.807, 2.05) is 19.9 Å². The molecule has 0 saturated carbocycles. The summed E-state index contributed by atoms with van der Waals surface area (Å²) >= 11 is 0. The van der Waals surface area contributed by atoms with Crippen molar-refractivity contribution in [1.29, 1.82) is 0 Å². The first-order valence-electron chi connectivity index (χ1n) is 6.77. The zero-order chi connectivity index (χ0) is 13.1. The van der Waals surface area contributed by atoms with Crippen LogP contribution in [-0.4, -0.2) is 17.5 Å². The third-order valence-corrected chi connectivity index (χ3v) is 3.49. The maximum atomic E-state index is 5.96. The molecular weight excluding hydrogens is 212 g/mol. The van der Waals surface area contributed by atoms with Gasteiger partial charge in [-0.15, -0.1) is 6.58 Å². The summed E-state index contributed by atoms with van der Waals surface area (Å²) in [6.45, 7) is 14.3. The largest absolute Gasteiger partial charge is 0.344 e. The summed E-state index contributed by atoms with van der Waals surface area (Å²) in [5.74, 6) is 0.197. The summed E-state index contributed by atoms with van der Waals surface area (Å²) in [5.41, 5.74) is -0.159. The Balaban J connectivity index is 2.30. The molecule has 1 rings (SSSR count). The Morgan fingerprint density at radius 3 is 2.35 bits per heavy atom. The number of allylic oxidation sites excluding steroid dienone is 1. The van der Waals surface area contributed by atoms with Gasteiger partial charge >= 0.3 is 0 Å². The standard InChI is InChI=1S/C15H28O2/c1-7-12(2)10-8-9-11-13-14(3,4)17-15(5,6)16-13/h7,12-13H,1,8-11H2,2-6H3/t12-,13-/m1/s1. The molecule has 0 aromatic rings. The molecule has 0 aliphatic carbocycles. The van der Waals surface area contributed by atoms with Crippen molar-refractivity contribution in [2.45, 2.75) is 77.8 Å². The van der Waals surface area contributed by atoms with Gasteiger partial charge in [0.15, 0.2) is 5.79 Å². The minimum atomic E-state index is -0.428. The monoisotopic (exact) mass is 240 g/mol. The SMILES string of the molecule is C=C[C@@H](C)CCCC[C@H]1OC(C)(C)OC1(C)C. The smallest absolute Gasteiger partial charge is 0.164 e. The van der Waals surface area contributed by atoms with Crippen molar-refractivity contribution in [2.24, 2.45) is 5.92 Å². The van der Waals surface area contributed by atoms with Gasteiger partial charge in [-0.1, -0.05) is 25.8 Å². The second-order valence-electron chi connectivity index (χ2n) is 6.21. The van der Waals surface area contributed by atoms with Gasteiger partial charge in [-0.2, -0.15) is 0 Å². The molecule has 2 atom stereocenters. The molecule has 1 fully saturated rings.